The van der Waals surface area contributed by atoms with Gasteiger partial charge < -0.3 is 24.8 Å². The van der Waals surface area contributed by atoms with Gasteiger partial charge in [-0.3, -0.25) is 14.4 Å². The lowest BCUT2D eigenvalue weighted by Crippen LogP contribution is -2.40. The van der Waals surface area contributed by atoms with Crippen LogP contribution in [-0.2, 0) is 16.1 Å². The third kappa shape index (κ3) is 3.52. The number of nitrogens with one attached hydrogen (secondary N) is 2. The number of hydrogen-bond donors (Lipinski definition) is 2. The molecule has 1 atom stereocenters. The van der Waals surface area contributed by atoms with E-state index in [0.29, 0.717) is 42.1 Å². The van der Waals surface area contributed by atoms with Gasteiger partial charge in [-0.05, 0) is 55.3 Å². The Morgan fingerprint density at radius 2 is 2.06 bits per heavy atom. The predicted octanol–water partition coefficient (Wildman–Crippen LogP) is 3.10. The summed E-state index contributed by atoms with van der Waals surface area (Å²) in [5.74, 6) is -0.603. The largest absolute Gasteiger partial charge is 0.383 e. The molecule has 5 rings (SSSR count). The van der Waals surface area contributed by atoms with Gasteiger partial charge in [0.05, 0.1) is 17.9 Å². The summed E-state index contributed by atoms with van der Waals surface area (Å²) in [5, 5.41) is 6.69. The second-order valence-corrected chi connectivity index (χ2v) is 8.14. The molecule has 3 amide bonds. The average molecular weight is 432 g/mol. The van der Waals surface area contributed by atoms with Crippen LogP contribution in [0.5, 0.6) is 0 Å². The summed E-state index contributed by atoms with van der Waals surface area (Å²) < 4.78 is 7.22. The molecule has 3 heterocycles. The number of fused-ring (bicyclic) bond motifs is 3. The first-order valence-electron chi connectivity index (χ1n) is 10.7. The van der Waals surface area contributed by atoms with Crippen molar-refractivity contribution in [1.29, 1.82) is 0 Å². The highest BCUT2D eigenvalue weighted by atomic mass is 16.5. The number of rotatable bonds is 5. The highest BCUT2D eigenvalue weighted by molar-refractivity contribution is 6.12. The van der Waals surface area contributed by atoms with Gasteiger partial charge in [0, 0.05) is 48.5 Å². The summed E-state index contributed by atoms with van der Waals surface area (Å²) in [6, 6.07) is 12.1. The van der Waals surface area contributed by atoms with Crippen LogP contribution in [0.3, 0.4) is 0 Å². The van der Waals surface area contributed by atoms with Gasteiger partial charge in [-0.15, -0.1) is 0 Å². The Bertz CT molecular complexity index is 1230. The minimum absolute atomic E-state index is 0.155. The predicted molar refractivity (Wildman–Crippen MR) is 121 cm³/mol. The Morgan fingerprint density at radius 1 is 1.19 bits per heavy atom. The van der Waals surface area contributed by atoms with Crippen LogP contribution < -0.4 is 10.6 Å². The molecule has 164 valence electrons. The molecule has 32 heavy (non-hydrogen) atoms. The minimum Gasteiger partial charge on any atom is -0.383 e. The smallest absolute Gasteiger partial charge is 0.256 e. The lowest BCUT2D eigenvalue weighted by Gasteiger charge is -2.20. The van der Waals surface area contributed by atoms with E-state index in [1.165, 1.54) is 0 Å². The third-order valence-corrected chi connectivity index (χ3v) is 6.15. The standard InChI is InChI=1S/C24H24N4O4/c1-32-12-11-27-10-8-15-13-16(4-7-20(15)27)22(29)25-17-5-6-19-18(14-17)24(31)28-9-2-3-21(28)23(30)26-19/h4-8,10,13-14,21H,2-3,9,11-12H2,1H3,(H,25,29)(H,26,30)/t21-/m0/s1. The first-order valence-corrected chi connectivity index (χ1v) is 10.7. The number of ether oxygens (including phenoxy) is 1. The first-order chi connectivity index (χ1) is 15.5. The van der Waals surface area contributed by atoms with Gasteiger partial charge in [0.1, 0.15) is 6.04 Å². The summed E-state index contributed by atoms with van der Waals surface area (Å²) >= 11 is 0. The van der Waals surface area contributed by atoms with Crippen molar-refractivity contribution in [2.75, 3.05) is 30.9 Å². The molecule has 0 aliphatic carbocycles. The van der Waals surface area contributed by atoms with E-state index >= 15 is 0 Å². The van der Waals surface area contributed by atoms with Gasteiger partial charge in [-0.2, -0.15) is 0 Å². The second-order valence-electron chi connectivity index (χ2n) is 8.14. The molecule has 0 bridgehead atoms. The van der Waals surface area contributed by atoms with Crippen LogP contribution in [0, 0.1) is 0 Å². The molecule has 0 radical (unpaired) electrons. The molecule has 2 aliphatic rings. The fourth-order valence-electron chi connectivity index (χ4n) is 4.49. The van der Waals surface area contributed by atoms with Crippen LogP contribution in [0.15, 0.2) is 48.7 Å². The van der Waals surface area contributed by atoms with Crippen molar-refractivity contribution in [3.8, 4) is 0 Å². The number of aromatic nitrogens is 1. The van der Waals surface area contributed by atoms with E-state index in [-0.39, 0.29) is 17.7 Å². The van der Waals surface area contributed by atoms with E-state index in [1.54, 1.807) is 36.3 Å². The zero-order valence-electron chi connectivity index (χ0n) is 17.8. The zero-order valence-corrected chi connectivity index (χ0v) is 17.8. The number of hydrogen-bond acceptors (Lipinski definition) is 4. The number of carbonyl (C=O) groups excluding carboxylic acids is 3. The molecule has 1 fully saturated rings. The molecule has 0 unspecified atom stereocenters. The van der Waals surface area contributed by atoms with Gasteiger partial charge in [-0.25, -0.2) is 0 Å². The van der Waals surface area contributed by atoms with Crippen molar-refractivity contribution >= 4 is 40.0 Å². The van der Waals surface area contributed by atoms with Crippen LogP contribution in [0.25, 0.3) is 10.9 Å². The summed E-state index contributed by atoms with van der Waals surface area (Å²) in [5.41, 5.74) is 2.94. The summed E-state index contributed by atoms with van der Waals surface area (Å²) in [6.07, 6.45) is 3.46. The molecule has 2 N–H and O–H groups in total. The maximum atomic E-state index is 13.0. The van der Waals surface area contributed by atoms with Crippen molar-refractivity contribution in [3.63, 3.8) is 0 Å². The SMILES string of the molecule is COCCn1ccc2cc(C(=O)Nc3ccc4c(c3)C(=O)N3CCC[C@H]3C(=O)N4)ccc21. The molecule has 2 aromatic carbocycles. The summed E-state index contributed by atoms with van der Waals surface area (Å²) in [7, 11) is 1.67. The summed E-state index contributed by atoms with van der Waals surface area (Å²) in [4.78, 5) is 39.9. The van der Waals surface area contributed by atoms with Crippen LogP contribution in [0.4, 0.5) is 11.4 Å². The highest BCUT2D eigenvalue weighted by Gasteiger charge is 2.38. The third-order valence-electron chi connectivity index (χ3n) is 6.15. The van der Waals surface area contributed by atoms with Gasteiger partial charge >= 0.3 is 0 Å². The lowest BCUT2D eigenvalue weighted by molar-refractivity contribution is -0.119. The topological polar surface area (TPSA) is 92.7 Å². The molecule has 2 aliphatic heterocycles. The van der Waals surface area contributed by atoms with E-state index in [1.807, 2.05) is 24.4 Å². The first kappa shape index (κ1) is 20.3. The molecule has 0 spiro atoms. The fourth-order valence-corrected chi connectivity index (χ4v) is 4.49. The fraction of sp³-hybridized carbons (Fsp3) is 0.292. The number of nitrogens with zero attached hydrogens (tertiary/aromatic N) is 2. The molecule has 1 aromatic heterocycles. The molecule has 0 saturated carbocycles. The van der Waals surface area contributed by atoms with Gasteiger partial charge in [0.2, 0.25) is 5.91 Å². The Balaban J connectivity index is 1.38. The zero-order chi connectivity index (χ0) is 22.2. The Labute approximate surface area is 185 Å². The normalized spacial score (nSPS) is 17.7. The van der Waals surface area contributed by atoms with Gasteiger partial charge in [0.15, 0.2) is 0 Å². The highest BCUT2D eigenvalue weighted by Crippen LogP contribution is 2.30. The van der Waals surface area contributed by atoms with Crippen LogP contribution in [0.2, 0.25) is 0 Å². The number of methoxy groups -OCH3 is 1. The quantitative estimate of drug-likeness (QED) is 0.648. The maximum absolute atomic E-state index is 13.0. The molecule has 8 heteroatoms. The van der Waals surface area contributed by atoms with Crippen molar-refractivity contribution in [2.45, 2.75) is 25.4 Å². The van der Waals surface area contributed by atoms with Crippen LogP contribution in [-0.4, -0.2) is 53.5 Å². The van der Waals surface area contributed by atoms with Crippen LogP contribution >= 0.6 is 0 Å². The average Bonchev–Trinajstić information content (AvgIpc) is 3.43. The number of benzene rings is 2. The molecular formula is C24H24N4O4. The van der Waals surface area contributed by atoms with Crippen molar-refractivity contribution < 1.29 is 19.1 Å². The Morgan fingerprint density at radius 3 is 2.91 bits per heavy atom. The van der Waals surface area contributed by atoms with Crippen LogP contribution in [0.1, 0.15) is 33.6 Å². The van der Waals surface area contributed by atoms with E-state index in [4.69, 9.17) is 4.74 Å². The van der Waals surface area contributed by atoms with E-state index in [9.17, 15) is 14.4 Å². The van der Waals surface area contributed by atoms with Crippen molar-refractivity contribution in [2.24, 2.45) is 0 Å². The van der Waals surface area contributed by atoms with E-state index in [2.05, 4.69) is 15.2 Å². The van der Waals surface area contributed by atoms with E-state index in [0.717, 1.165) is 23.9 Å². The Kier molecular flexibility index (Phi) is 5.14. The monoisotopic (exact) mass is 432 g/mol. The van der Waals surface area contributed by atoms with Crippen molar-refractivity contribution in [1.82, 2.24) is 9.47 Å². The summed E-state index contributed by atoms with van der Waals surface area (Å²) in [6.45, 7) is 1.92. The molecule has 8 nitrogen and oxygen atoms in total. The van der Waals surface area contributed by atoms with E-state index < -0.39 is 6.04 Å². The number of amides is 3. The number of carbonyl (C=O) groups is 3. The maximum Gasteiger partial charge on any atom is 0.256 e. The lowest BCUT2D eigenvalue weighted by atomic mass is 10.1. The van der Waals surface area contributed by atoms with Gasteiger partial charge in [-0.1, -0.05) is 0 Å². The minimum atomic E-state index is -0.420. The molecule has 3 aromatic rings. The number of anilines is 2. The van der Waals surface area contributed by atoms with Crippen molar-refractivity contribution in [3.05, 3.63) is 59.8 Å². The molecule has 1 saturated heterocycles. The second kappa shape index (κ2) is 8.12. The Hall–Kier alpha value is -3.65. The van der Waals surface area contributed by atoms with Gasteiger partial charge in [0.25, 0.3) is 11.8 Å². The molecular weight excluding hydrogens is 408 g/mol.